The first-order chi connectivity index (χ1) is 12.3. The number of benzene rings is 2. The number of hydroxylamine groups is 2. The molecule has 1 fully saturated rings. The number of nitrogens with zero attached hydrogens (tertiary/aromatic N) is 2. The van der Waals surface area contributed by atoms with Gasteiger partial charge in [-0.25, -0.2) is 21.5 Å². The Balaban J connectivity index is 1.90. The third-order valence-corrected chi connectivity index (χ3v) is 6.69. The second-order valence-corrected chi connectivity index (χ2v) is 8.54. The van der Waals surface area contributed by atoms with Gasteiger partial charge in [0.25, 0.3) is 0 Å². The lowest BCUT2D eigenvalue weighted by Crippen LogP contribution is -2.40. The summed E-state index contributed by atoms with van der Waals surface area (Å²) in [4.78, 5) is 5.37. The quantitative estimate of drug-likeness (QED) is 0.798. The highest BCUT2D eigenvalue weighted by Crippen LogP contribution is 2.36. The maximum atomic E-state index is 14.3. The number of hydrogen-bond acceptors (Lipinski definition) is 4. The second kappa shape index (κ2) is 7.40. The van der Waals surface area contributed by atoms with E-state index >= 15 is 0 Å². The maximum Gasteiger partial charge on any atom is 0.221 e. The molecule has 1 aliphatic heterocycles. The zero-order valence-corrected chi connectivity index (χ0v) is 15.3. The van der Waals surface area contributed by atoms with E-state index in [0.717, 1.165) is 17.7 Å². The van der Waals surface area contributed by atoms with E-state index in [1.165, 1.54) is 22.5 Å². The van der Waals surface area contributed by atoms with Crippen LogP contribution in [-0.2, 0) is 21.4 Å². The van der Waals surface area contributed by atoms with Crippen LogP contribution in [0.5, 0.6) is 0 Å². The summed E-state index contributed by atoms with van der Waals surface area (Å²) in [6.07, 6.45) is 0. The minimum atomic E-state index is -3.79. The average Bonchev–Trinajstić information content (AvgIpc) is 2.98. The largest absolute Gasteiger partial charge is 0.297 e. The van der Waals surface area contributed by atoms with E-state index in [2.05, 4.69) is 0 Å². The molecule has 5 nitrogen and oxygen atoms in total. The number of halogens is 2. The average molecular weight is 382 g/mol. The standard InChI is InChI=1S/C18H20F2N2O3S/c1-21(11-13-6-4-3-5-7-13)26(23,24)17-12-25-22(2)18(17)15-9-8-14(19)10-16(15)20/h3-10,17-18H,11-12H2,1-2H3/t17-,18-/m0/s1. The van der Waals surface area contributed by atoms with E-state index in [1.807, 2.05) is 30.3 Å². The van der Waals surface area contributed by atoms with Gasteiger partial charge in [0.2, 0.25) is 10.0 Å². The second-order valence-electron chi connectivity index (χ2n) is 6.28. The minimum Gasteiger partial charge on any atom is -0.297 e. The van der Waals surface area contributed by atoms with Crippen LogP contribution >= 0.6 is 0 Å². The van der Waals surface area contributed by atoms with Crippen molar-refractivity contribution < 1.29 is 22.0 Å². The molecule has 0 aromatic heterocycles. The summed E-state index contributed by atoms with van der Waals surface area (Å²) in [6, 6.07) is 11.4. The number of sulfonamides is 1. The molecule has 0 N–H and O–H groups in total. The van der Waals surface area contributed by atoms with Crippen molar-refractivity contribution in [2.45, 2.75) is 17.8 Å². The van der Waals surface area contributed by atoms with Crippen molar-refractivity contribution in [3.8, 4) is 0 Å². The van der Waals surface area contributed by atoms with Crippen molar-refractivity contribution in [3.05, 3.63) is 71.3 Å². The topological polar surface area (TPSA) is 49.9 Å². The van der Waals surface area contributed by atoms with Crippen LogP contribution < -0.4 is 0 Å². The molecule has 140 valence electrons. The van der Waals surface area contributed by atoms with Gasteiger partial charge >= 0.3 is 0 Å². The molecule has 26 heavy (non-hydrogen) atoms. The highest BCUT2D eigenvalue weighted by Gasteiger charge is 2.45. The fraction of sp³-hybridized carbons (Fsp3) is 0.333. The van der Waals surface area contributed by atoms with Crippen molar-refractivity contribution in [1.82, 2.24) is 9.37 Å². The van der Waals surface area contributed by atoms with Crippen LogP contribution in [0.25, 0.3) is 0 Å². The summed E-state index contributed by atoms with van der Waals surface area (Å²) in [5, 5.41) is 0.315. The van der Waals surface area contributed by atoms with Crippen molar-refractivity contribution in [3.63, 3.8) is 0 Å². The minimum absolute atomic E-state index is 0.0908. The summed E-state index contributed by atoms with van der Waals surface area (Å²) in [5.41, 5.74) is 0.934. The predicted octanol–water partition coefficient (Wildman–Crippen LogP) is 2.71. The lowest BCUT2D eigenvalue weighted by atomic mass is 10.0. The Morgan fingerprint density at radius 3 is 2.54 bits per heavy atom. The van der Waals surface area contributed by atoms with E-state index in [4.69, 9.17) is 4.84 Å². The Kier molecular flexibility index (Phi) is 5.38. The molecular weight excluding hydrogens is 362 g/mol. The Hall–Kier alpha value is -1.87. The van der Waals surface area contributed by atoms with Gasteiger partial charge in [0.05, 0.1) is 12.6 Å². The van der Waals surface area contributed by atoms with Crippen LogP contribution in [0.1, 0.15) is 17.2 Å². The molecule has 0 aliphatic carbocycles. The van der Waals surface area contributed by atoms with Crippen molar-refractivity contribution in [2.75, 3.05) is 20.7 Å². The van der Waals surface area contributed by atoms with Gasteiger partial charge in [-0.3, -0.25) is 4.84 Å². The van der Waals surface area contributed by atoms with Crippen LogP contribution in [0.3, 0.4) is 0 Å². The number of rotatable bonds is 5. The van der Waals surface area contributed by atoms with E-state index in [-0.39, 0.29) is 18.7 Å². The van der Waals surface area contributed by atoms with Crippen molar-refractivity contribution in [2.24, 2.45) is 0 Å². The van der Waals surface area contributed by atoms with Gasteiger partial charge in [0.15, 0.2) is 0 Å². The zero-order valence-electron chi connectivity index (χ0n) is 14.5. The lowest BCUT2D eigenvalue weighted by Gasteiger charge is -2.27. The monoisotopic (exact) mass is 382 g/mol. The van der Waals surface area contributed by atoms with Gasteiger partial charge in [-0.15, -0.1) is 0 Å². The molecule has 0 saturated carbocycles. The Morgan fingerprint density at radius 2 is 1.88 bits per heavy atom. The molecule has 8 heteroatoms. The van der Waals surface area contributed by atoms with Crippen LogP contribution in [0.15, 0.2) is 48.5 Å². The first-order valence-corrected chi connectivity index (χ1v) is 9.61. The Morgan fingerprint density at radius 1 is 1.19 bits per heavy atom. The molecule has 1 aliphatic rings. The van der Waals surface area contributed by atoms with Crippen LogP contribution in [0.4, 0.5) is 8.78 Å². The van der Waals surface area contributed by atoms with E-state index in [1.54, 1.807) is 7.05 Å². The van der Waals surface area contributed by atoms with Crippen LogP contribution in [-0.4, -0.2) is 43.7 Å². The van der Waals surface area contributed by atoms with Crippen LogP contribution in [0.2, 0.25) is 0 Å². The molecule has 1 saturated heterocycles. The summed E-state index contributed by atoms with van der Waals surface area (Å²) < 4.78 is 54.9. The molecule has 0 amide bonds. The van der Waals surface area contributed by atoms with E-state index < -0.39 is 32.9 Å². The van der Waals surface area contributed by atoms with Crippen LogP contribution in [0, 0.1) is 11.6 Å². The third-order valence-electron chi connectivity index (χ3n) is 4.53. The van der Waals surface area contributed by atoms with E-state index in [9.17, 15) is 17.2 Å². The summed E-state index contributed by atoms with van der Waals surface area (Å²) >= 11 is 0. The smallest absolute Gasteiger partial charge is 0.221 e. The van der Waals surface area contributed by atoms with Gasteiger partial charge in [-0.1, -0.05) is 36.4 Å². The Labute approximate surface area is 151 Å². The fourth-order valence-electron chi connectivity index (χ4n) is 3.14. The first kappa shape index (κ1) is 18.9. The van der Waals surface area contributed by atoms with Gasteiger partial charge in [-0.2, -0.15) is 5.06 Å². The molecule has 2 aromatic carbocycles. The highest BCUT2D eigenvalue weighted by molar-refractivity contribution is 7.89. The Bertz CT molecular complexity index is 877. The summed E-state index contributed by atoms with van der Waals surface area (Å²) in [7, 11) is -0.761. The normalized spacial score (nSPS) is 21.4. The first-order valence-electron chi connectivity index (χ1n) is 8.10. The highest BCUT2D eigenvalue weighted by atomic mass is 32.2. The third kappa shape index (κ3) is 3.64. The SMILES string of the molecule is CN1OC[C@H](S(=O)(=O)N(C)Cc2ccccc2)[C@@H]1c1ccc(F)cc1F. The molecule has 0 bridgehead atoms. The van der Waals surface area contributed by atoms with Gasteiger partial charge < -0.3 is 0 Å². The van der Waals surface area contributed by atoms with E-state index in [0.29, 0.717) is 0 Å². The maximum absolute atomic E-state index is 14.3. The molecule has 0 radical (unpaired) electrons. The molecule has 1 heterocycles. The molecule has 3 rings (SSSR count). The lowest BCUT2D eigenvalue weighted by molar-refractivity contribution is -0.111. The number of hydrogen-bond donors (Lipinski definition) is 0. The predicted molar refractivity (Wildman–Crippen MR) is 93.4 cm³/mol. The van der Waals surface area contributed by atoms with Gasteiger partial charge in [0, 0.05) is 32.3 Å². The van der Waals surface area contributed by atoms with Crippen molar-refractivity contribution >= 4 is 10.0 Å². The molecule has 2 aromatic rings. The molecular formula is C18H20F2N2O3S. The fourth-order valence-corrected chi connectivity index (χ4v) is 4.81. The summed E-state index contributed by atoms with van der Waals surface area (Å²) in [5.74, 6) is -1.51. The summed E-state index contributed by atoms with van der Waals surface area (Å²) in [6.45, 7) is 0.0987. The van der Waals surface area contributed by atoms with Crippen molar-refractivity contribution in [1.29, 1.82) is 0 Å². The molecule has 2 atom stereocenters. The van der Waals surface area contributed by atoms with Gasteiger partial charge in [0.1, 0.15) is 16.9 Å². The molecule has 0 spiro atoms. The van der Waals surface area contributed by atoms with Gasteiger partial charge in [-0.05, 0) is 11.6 Å². The molecule has 0 unspecified atom stereocenters. The zero-order chi connectivity index (χ0) is 18.9.